The lowest BCUT2D eigenvalue weighted by atomic mass is 9.89. The van der Waals surface area contributed by atoms with Gasteiger partial charge < -0.3 is 19.9 Å². The standard InChI is InChI=1S/C20H17ClF5N5O4/c21-10-6-13(34-9-20(24,25)26)18(27-7-10)35-15-4-3-14-28-12(8-31(14)30-15)17(33)29-11-2-1-5-19(22,23)16(11)32/h3-4,6-8,11,16,32H,1-2,5,9H2,(H,29,33)/t11-,16+/m0/s1. The highest BCUT2D eigenvalue weighted by molar-refractivity contribution is 6.30. The quantitative estimate of drug-likeness (QED) is 0.475. The van der Waals surface area contributed by atoms with Gasteiger partial charge in [-0.15, -0.1) is 5.10 Å². The number of nitrogens with one attached hydrogen (secondary N) is 1. The summed E-state index contributed by atoms with van der Waals surface area (Å²) >= 11 is 5.77. The van der Waals surface area contributed by atoms with Crippen LogP contribution in [0.25, 0.3) is 5.65 Å². The van der Waals surface area contributed by atoms with Gasteiger partial charge in [-0.3, -0.25) is 4.79 Å². The molecule has 1 aliphatic rings. The van der Waals surface area contributed by atoms with Crippen molar-refractivity contribution >= 4 is 23.2 Å². The lowest BCUT2D eigenvalue weighted by molar-refractivity contribution is -0.153. The van der Waals surface area contributed by atoms with Crippen molar-refractivity contribution in [1.29, 1.82) is 0 Å². The fourth-order valence-electron chi connectivity index (χ4n) is 3.43. The van der Waals surface area contributed by atoms with Gasteiger partial charge in [-0.05, 0) is 18.9 Å². The first-order valence-corrected chi connectivity index (χ1v) is 10.6. The number of amides is 1. The minimum absolute atomic E-state index is 0.0176. The van der Waals surface area contributed by atoms with Crippen LogP contribution in [0.1, 0.15) is 29.8 Å². The summed E-state index contributed by atoms with van der Waals surface area (Å²) in [7, 11) is 0. The maximum Gasteiger partial charge on any atom is 0.422 e. The maximum atomic E-state index is 13.7. The van der Waals surface area contributed by atoms with E-state index in [2.05, 4.69) is 20.4 Å². The Morgan fingerprint density at radius 1 is 1.34 bits per heavy atom. The van der Waals surface area contributed by atoms with Crippen LogP contribution in [0.5, 0.6) is 17.5 Å². The Bertz CT molecular complexity index is 1240. The second kappa shape index (κ2) is 9.41. The molecule has 0 unspecified atom stereocenters. The highest BCUT2D eigenvalue weighted by atomic mass is 35.5. The number of aliphatic hydroxyl groups is 1. The number of halogens is 6. The molecule has 2 N–H and O–H groups in total. The van der Waals surface area contributed by atoms with Crippen molar-refractivity contribution in [1.82, 2.24) is 24.9 Å². The summed E-state index contributed by atoms with van der Waals surface area (Å²) in [5.41, 5.74) is 0.0317. The number of pyridine rings is 1. The van der Waals surface area contributed by atoms with Crippen LogP contribution in [-0.4, -0.2) is 61.4 Å². The number of rotatable bonds is 6. The first-order chi connectivity index (χ1) is 16.4. The number of alkyl halides is 5. The van der Waals surface area contributed by atoms with Gasteiger partial charge in [0, 0.05) is 24.8 Å². The molecule has 35 heavy (non-hydrogen) atoms. The number of fused-ring (bicyclic) bond motifs is 1. The summed E-state index contributed by atoms with van der Waals surface area (Å²) in [6, 6.07) is 2.67. The third-order valence-corrected chi connectivity index (χ3v) is 5.27. The Balaban J connectivity index is 1.50. The molecule has 3 aromatic heterocycles. The van der Waals surface area contributed by atoms with Crippen molar-refractivity contribution in [2.75, 3.05) is 6.61 Å². The van der Waals surface area contributed by atoms with Gasteiger partial charge in [0.1, 0.15) is 11.8 Å². The molecule has 2 atom stereocenters. The van der Waals surface area contributed by atoms with Crippen molar-refractivity contribution in [2.45, 2.75) is 43.5 Å². The molecule has 0 spiro atoms. The van der Waals surface area contributed by atoms with Crippen molar-refractivity contribution < 1.29 is 41.3 Å². The van der Waals surface area contributed by atoms with Crippen molar-refractivity contribution in [3.63, 3.8) is 0 Å². The Hall–Kier alpha value is -3.26. The maximum absolute atomic E-state index is 13.7. The van der Waals surface area contributed by atoms with Gasteiger partial charge in [0.25, 0.3) is 17.7 Å². The molecule has 1 aliphatic carbocycles. The molecule has 3 heterocycles. The number of ether oxygens (including phenoxy) is 2. The zero-order valence-corrected chi connectivity index (χ0v) is 18.4. The summed E-state index contributed by atoms with van der Waals surface area (Å²) in [6.07, 6.45) is -4.44. The average Bonchev–Trinajstić information content (AvgIpc) is 3.20. The molecule has 3 aromatic rings. The van der Waals surface area contributed by atoms with Gasteiger partial charge >= 0.3 is 6.18 Å². The lowest BCUT2D eigenvalue weighted by Gasteiger charge is -2.34. The minimum atomic E-state index is -4.60. The van der Waals surface area contributed by atoms with Gasteiger partial charge in [-0.25, -0.2) is 23.3 Å². The van der Waals surface area contributed by atoms with Crippen LogP contribution in [0.4, 0.5) is 22.0 Å². The number of hydrogen-bond acceptors (Lipinski definition) is 7. The SMILES string of the molecule is O=C(N[C@H]1CCCC(F)(F)[C@@H]1O)c1cn2nc(Oc3ncc(Cl)cc3OCC(F)(F)F)ccc2n1. The van der Waals surface area contributed by atoms with E-state index in [-0.39, 0.29) is 46.7 Å². The predicted molar refractivity (Wildman–Crippen MR) is 110 cm³/mol. The zero-order chi connectivity index (χ0) is 25.4. The first-order valence-electron chi connectivity index (χ1n) is 10.2. The Labute approximate surface area is 198 Å². The number of carbonyl (C=O) groups is 1. The minimum Gasteiger partial charge on any atom is -0.478 e. The van der Waals surface area contributed by atoms with Gasteiger partial charge in [0.2, 0.25) is 5.88 Å². The van der Waals surface area contributed by atoms with E-state index in [1.165, 1.54) is 18.3 Å². The molecule has 0 radical (unpaired) electrons. The van der Waals surface area contributed by atoms with E-state index < -0.39 is 43.2 Å². The molecule has 4 rings (SSSR count). The highest BCUT2D eigenvalue weighted by Gasteiger charge is 2.46. The summed E-state index contributed by atoms with van der Waals surface area (Å²) in [4.78, 5) is 20.4. The summed E-state index contributed by atoms with van der Waals surface area (Å²) in [6.45, 7) is -1.60. The van der Waals surface area contributed by atoms with Crippen molar-refractivity contribution in [2.24, 2.45) is 0 Å². The number of aromatic nitrogens is 4. The Morgan fingerprint density at radius 3 is 2.86 bits per heavy atom. The van der Waals surface area contributed by atoms with E-state index in [0.29, 0.717) is 0 Å². The van der Waals surface area contributed by atoms with Gasteiger partial charge in [0.15, 0.2) is 18.0 Å². The molecule has 1 fully saturated rings. The number of carbonyl (C=O) groups excluding carboxylic acids is 1. The first kappa shape index (κ1) is 24.9. The largest absolute Gasteiger partial charge is 0.478 e. The third kappa shape index (κ3) is 5.88. The number of imidazole rings is 1. The van der Waals surface area contributed by atoms with Crippen molar-refractivity contribution in [3.8, 4) is 17.5 Å². The molecule has 0 aromatic carbocycles. The number of hydrogen-bond donors (Lipinski definition) is 2. The van der Waals surface area contributed by atoms with E-state index in [0.717, 1.165) is 16.8 Å². The molecule has 188 valence electrons. The van der Waals surface area contributed by atoms with E-state index >= 15 is 0 Å². The topological polar surface area (TPSA) is 111 Å². The Kier molecular flexibility index (Phi) is 6.68. The fraction of sp³-hybridized carbons (Fsp3) is 0.400. The third-order valence-electron chi connectivity index (χ3n) is 5.06. The van der Waals surface area contributed by atoms with Crippen LogP contribution in [0.15, 0.2) is 30.6 Å². The second-order valence-corrected chi connectivity index (χ2v) is 8.18. The van der Waals surface area contributed by atoms with E-state index in [1.807, 2.05) is 0 Å². The van der Waals surface area contributed by atoms with Crippen LogP contribution < -0.4 is 14.8 Å². The van der Waals surface area contributed by atoms with Crippen LogP contribution >= 0.6 is 11.6 Å². The predicted octanol–water partition coefficient (Wildman–Crippen LogP) is 3.79. The number of aliphatic hydroxyl groups excluding tert-OH is 1. The lowest BCUT2D eigenvalue weighted by Crippen LogP contribution is -2.54. The van der Waals surface area contributed by atoms with Crippen LogP contribution in [0.3, 0.4) is 0 Å². The smallest absolute Gasteiger partial charge is 0.422 e. The highest BCUT2D eigenvalue weighted by Crippen LogP contribution is 2.34. The zero-order valence-electron chi connectivity index (χ0n) is 17.6. The number of nitrogens with zero attached hydrogens (tertiary/aromatic N) is 4. The van der Waals surface area contributed by atoms with E-state index in [4.69, 9.17) is 21.1 Å². The molecule has 0 aliphatic heterocycles. The average molecular weight is 522 g/mol. The molecule has 0 bridgehead atoms. The van der Waals surface area contributed by atoms with Crippen LogP contribution in [-0.2, 0) is 0 Å². The van der Waals surface area contributed by atoms with Crippen LogP contribution in [0.2, 0.25) is 5.02 Å². The Morgan fingerprint density at radius 2 is 2.11 bits per heavy atom. The molecule has 15 heteroatoms. The van der Waals surface area contributed by atoms with Crippen molar-refractivity contribution in [3.05, 3.63) is 41.3 Å². The summed E-state index contributed by atoms with van der Waals surface area (Å²) in [5.74, 6) is -4.93. The normalized spacial score (nSPS) is 20.0. The van der Waals surface area contributed by atoms with Gasteiger partial charge in [0.05, 0.1) is 17.3 Å². The monoisotopic (exact) mass is 521 g/mol. The molecular formula is C20H17ClF5N5O4. The molecule has 1 saturated carbocycles. The summed E-state index contributed by atoms with van der Waals surface area (Å²) < 4.78 is 76.3. The second-order valence-electron chi connectivity index (χ2n) is 7.74. The molecule has 1 amide bonds. The van der Waals surface area contributed by atoms with E-state index in [9.17, 15) is 31.9 Å². The fourth-order valence-corrected chi connectivity index (χ4v) is 3.57. The van der Waals surface area contributed by atoms with Gasteiger partial charge in [-0.1, -0.05) is 11.6 Å². The van der Waals surface area contributed by atoms with E-state index in [1.54, 1.807) is 0 Å². The van der Waals surface area contributed by atoms with Crippen LogP contribution in [0, 0.1) is 0 Å². The summed E-state index contributed by atoms with van der Waals surface area (Å²) in [5, 5.41) is 16.3. The molecule has 9 nitrogen and oxygen atoms in total. The van der Waals surface area contributed by atoms with Gasteiger partial charge in [-0.2, -0.15) is 13.2 Å². The molecule has 0 saturated heterocycles. The molecular weight excluding hydrogens is 505 g/mol.